The first-order valence-electron chi connectivity index (χ1n) is 10.8. The van der Waals surface area contributed by atoms with Crippen LogP contribution >= 0.6 is 12.2 Å². The summed E-state index contributed by atoms with van der Waals surface area (Å²) in [4.78, 5) is 27.0. The van der Waals surface area contributed by atoms with Crippen LogP contribution in [0, 0.1) is 0 Å². The van der Waals surface area contributed by atoms with Crippen LogP contribution in [0.4, 0.5) is 5.69 Å². The number of piperidine rings is 1. The van der Waals surface area contributed by atoms with Gasteiger partial charge in [0.1, 0.15) is 0 Å². The second-order valence-electron chi connectivity index (χ2n) is 7.78. The Morgan fingerprint density at radius 2 is 1.66 bits per heavy atom. The molecule has 6 heteroatoms. The summed E-state index contributed by atoms with van der Waals surface area (Å²) < 4.78 is 0. The van der Waals surface area contributed by atoms with Crippen molar-refractivity contribution in [3.05, 3.63) is 83.9 Å². The molecule has 0 radical (unpaired) electrons. The van der Waals surface area contributed by atoms with E-state index < -0.39 is 0 Å². The van der Waals surface area contributed by atoms with Crippen LogP contribution in [0.2, 0.25) is 0 Å². The van der Waals surface area contributed by atoms with E-state index in [1.165, 1.54) is 12.5 Å². The minimum absolute atomic E-state index is 0.0290. The van der Waals surface area contributed by atoms with Gasteiger partial charge < -0.3 is 10.2 Å². The quantitative estimate of drug-likeness (QED) is 0.440. The van der Waals surface area contributed by atoms with Crippen LogP contribution < -0.4 is 10.6 Å². The molecule has 0 unspecified atom stereocenters. The van der Waals surface area contributed by atoms with Gasteiger partial charge >= 0.3 is 0 Å². The van der Waals surface area contributed by atoms with Crippen molar-refractivity contribution in [1.82, 2.24) is 10.2 Å². The molecule has 1 aliphatic heterocycles. The number of fused-ring (bicyclic) bond motifs is 1. The van der Waals surface area contributed by atoms with Gasteiger partial charge in [0.25, 0.3) is 5.91 Å². The maximum atomic E-state index is 12.7. The summed E-state index contributed by atoms with van der Waals surface area (Å²) in [6.45, 7) is 1.60. The molecule has 2 N–H and O–H groups in total. The second kappa shape index (κ2) is 10.2. The summed E-state index contributed by atoms with van der Waals surface area (Å²) in [6.07, 6.45) is 6.51. The fourth-order valence-corrected chi connectivity index (χ4v) is 4.11. The monoisotopic (exact) mass is 443 g/mol. The Morgan fingerprint density at radius 3 is 2.50 bits per heavy atom. The predicted octanol–water partition coefficient (Wildman–Crippen LogP) is 4.99. The average molecular weight is 444 g/mol. The van der Waals surface area contributed by atoms with E-state index in [0.29, 0.717) is 11.3 Å². The molecule has 4 rings (SSSR count). The molecule has 162 valence electrons. The largest absolute Gasteiger partial charge is 0.339 e. The van der Waals surface area contributed by atoms with Gasteiger partial charge in [0.15, 0.2) is 5.11 Å². The van der Waals surface area contributed by atoms with Gasteiger partial charge in [-0.1, -0.05) is 48.5 Å². The number of anilines is 1. The van der Waals surface area contributed by atoms with Gasteiger partial charge in [-0.15, -0.1) is 0 Å². The van der Waals surface area contributed by atoms with Crippen molar-refractivity contribution in [2.24, 2.45) is 0 Å². The first-order valence-corrected chi connectivity index (χ1v) is 11.2. The summed E-state index contributed by atoms with van der Waals surface area (Å²) in [6, 6.07) is 21.2. The lowest BCUT2D eigenvalue weighted by Crippen LogP contribution is -2.35. The van der Waals surface area contributed by atoms with E-state index in [9.17, 15) is 9.59 Å². The summed E-state index contributed by atoms with van der Waals surface area (Å²) in [5.74, 6) is -0.294. The van der Waals surface area contributed by atoms with Crippen LogP contribution in [0.25, 0.3) is 16.8 Å². The van der Waals surface area contributed by atoms with E-state index in [-0.39, 0.29) is 16.9 Å². The summed E-state index contributed by atoms with van der Waals surface area (Å²) in [7, 11) is 0. The van der Waals surface area contributed by atoms with E-state index in [0.717, 1.165) is 42.3 Å². The number of benzene rings is 3. The molecule has 0 aliphatic carbocycles. The maximum Gasteiger partial charge on any atom is 0.253 e. The van der Waals surface area contributed by atoms with Crippen molar-refractivity contribution in [2.75, 3.05) is 18.4 Å². The van der Waals surface area contributed by atoms with E-state index >= 15 is 0 Å². The maximum absolute atomic E-state index is 12.7. The number of carbonyl (C=O) groups excluding carboxylic acids is 2. The van der Waals surface area contributed by atoms with E-state index in [1.807, 2.05) is 59.5 Å². The normalized spacial score (nSPS) is 13.8. The summed E-state index contributed by atoms with van der Waals surface area (Å²) >= 11 is 5.28. The zero-order chi connectivity index (χ0) is 22.3. The Balaban J connectivity index is 1.36. The molecule has 0 atom stereocenters. The minimum atomic E-state index is -0.323. The minimum Gasteiger partial charge on any atom is -0.339 e. The number of nitrogens with zero attached hydrogens (tertiary/aromatic N) is 1. The van der Waals surface area contributed by atoms with Gasteiger partial charge in [-0.05, 0) is 72.1 Å². The Hall–Kier alpha value is -3.51. The third kappa shape index (κ3) is 5.39. The topological polar surface area (TPSA) is 61.4 Å². The lowest BCUT2D eigenvalue weighted by molar-refractivity contribution is -0.115. The lowest BCUT2D eigenvalue weighted by Gasteiger charge is -2.26. The molecule has 1 saturated heterocycles. The molecule has 3 aromatic carbocycles. The number of carbonyl (C=O) groups is 2. The van der Waals surface area contributed by atoms with E-state index in [4.69, 9.17) is 12.2 Å². The first-order chi connectivity index (χ1) is 15.6. The van der Waals surface area contributed by atoms with Crippen molar-refractivity contribution < 1.29 is 9.59 Å². The van der Waals surface area contributed by atoms with Gasteiger partial charge in [-0.3, -0.25) is 14.9 Å². The van der Waals surface area contributed by atoms with Crippen LogP contribution in [-0.4, -0.2) is 34.9 Å². The van der Waals surface area contributed by atoms with Crippen LogP contribution in [0.3, 0.4) is 0 Å². The highest BCUT2D eigenvalue weighted by Gasteiger charge is 2.18. The van der Waals surface area contributed by atoms with Crippen molar-refractivity contribution >= 4 is 51.7 Å². The fraction of sp³-hybridized carbons (Fsp3) is 0.192. The highest BCUT2D eigenvalue weighted by Crippen LogP contribution is 2.20. The third-order valence-electron chi connectivity index (χ3n) is 5.49. The zero-order valence-electron chi connectivity index (χ0n) is 17.7. The molecular weight excluding hydrogens is 418 g/mol. The molecule has 0 saturated carbocycles. The van der Waals surface area contributed by atoms with E-state index in [1.54, 1.807) is 18.2 Å². The molecule has 0 spiro atoms. The lowest BCUT2D eigenvalue weighted by atomic mass is 10.0. The number of rotatable bonds is 4. The van der Waals surface area contributed by atoms with Crippen molar-refractivity contribution in [3.8, 4) is 0 Å². The Bertz CT molecular complexity index is 1180. The molecule has 1 heterocycles. The Morgan fingerprint density at radius 1 is 0.906 bits per heavy atom. The molecule has 0 aromatic heterocycles. The number of thiocarbonyl (C=S) groups is 1. The van der Waals surface area contributed by atoms with Crippen LogP contribution in [0.15, 0.2) is 72.8 Å². The third-order valence-corrected chi connectivity index (χ3v) is 5.69. The number of amides is 2. The Labute approximate surface area is 193 Å². The van der Waals surface area contributed by atoms with E-state index in [2.05, 4.69) is 10.6 Å². The molecule has 1 aliphatic rings. The van der Waals surface area contributed by atoms with Gasteiger partial charge in [0.05, 0.1) is 0 Å². The van der Waals surface area contributed by atoms with Gasteiger partial charge in [0, 0.05) is 30.4 Å². The summed E-state index contributed by atoms with van der Waals surface area (Å²) in [5, 5.41) is 8.03. The highest BCUT2D eigenvalue weighted by molar-refractivity contribution is 7.80. The van der Waals surface area contributed by atoms with Gasteiger partial charge in [0.2, 0.25) is 5.91 Å². The van der Waals surface area contributed by atoms with Crippen molar-refractivity contribution in [3.63, 3.8) is 0 Å². The second-order valence-corrected chi connectivity index (χ2v) is 8.19. The molecular formula is C26H25N3O2S. The smallest absolute Gasteiger partial charge is 0.253 e. The van der Waals surface area contributed by atoms with Crippen molar-refractivity contribution in [1.29, 1.82) is 0 Å². The van der Waals surface area contributed by atoms with Crippen LogP contribution in [-0.2, 0) is 4.79 Å². The van der Waals surface area contributed by atoms with Gasteiger partial charge in [-0.25, -0.2) is 0 Å². The molecule has 2 amide bonds. The summed E-state index contributed by atoms with van der Waals surface area (Å²) in [5.41, 5.74) is 2.24. The highest BCUT2D eigenvalue weighted by atomic mass is 32.1. The molecule has 3 aromatic rings. The first kappa shape index (κ1) is 21.7. The molecule has 1 fully saturated rings. The number of likely N-dealkylation sites (tertiary alicyclic amines) is 1. The predicted molar refractivity (Wildman–Crippen MR) is 134 cm³/mol. The number of nitrogens with one attached hydrogen (secondary N) is 2. The molecule has 32 heavy (non-hydrogen) atoms. The SMILES string of the molecule is O=C(/C=C/c1cccc2ccccc12)NC(=S)Nc1cccc(C(=O)N2CCCCC2)c1. The van der Waals surface area contributed by atoms with Crippen molar-refractivity contribution in [2.45, 2.75) is 19.3 Å². The Kier molecular flexibility index (Phi) is 6.92. The standard InChI is InChI=1S/C26H25N3O2S/c30-24(15-14-20-10-6-9-19-8-2-3-13-23(19)20)28-26(32)27-22-12-7-11-21(18-22)25(31)29-16-4-1-5-17-29/h2-3,6-15,18H,1,4-5,16-17H2,(H2,27,28,30,32)/b15-14+. The average Bonchev–Trinajstić information content (AvgIpc) is 2.83. The number of hydrogen-bond donors (Lipinski definition) is 2. The number of hydrogen-bond acceptors (Lipinski definition) is 3. The van der Waals surface area contributed by atoms with Gasteiger partial charge in [-0.2, -0.15) is 0 Å². The zero-order valence-corrected chi connectivity index (χ0v) is 18.5. The fourth-order valence-electron chi connectivity index (χ4n) is 3.89. The molecule has 5 nitrogen and oxygen atoms in total. The van der Waals surface area contributed by atoms with Crippen LogP contribution in [0.1, 0.15) is 35.2 Å². The molecule has 0 bridgehead atoms. The van der Waals surface area contributed by atoms with Crippen LogP contribution in [0.5, 0.6) is 0 Å².